The number of aliphatic hydroxyl groups is 1. The Morgan fingerprint density at radius 1 is 1.50 bits per heavy atom. The van der Waals surface area contributed by atoms with Gasteiger partial charge in [0.25, 0.3) is 0 Å². The molecule has 0 spiro atoms. The highest BCUT2D eigenvalue weighted by atomic mass is 79.9. The van der Waals surface area contributed by atoms with E-state index < -0.39 is 6.10 Å². The molecular weight excluding hydrogens is 292 g/mol. The predicted molar refractivity (Wildman–Crippen MR) is 78.6 cm³/mol. The Morgan fingerprint density at radius 2 is 2.28 bits per heavy atom. The van der Waals surface area contributed by atoms with E-state index in [0.29, 0.717) is 12.8 Å². The van der Waals surface area contributed by atoms with Crippen LogP contribution in [-0.4, -0.2) is 28.2 Å². The zero-order valence-corrected chi connectivity index (χ0v) is 12.3. The number of rotatable bonds is 6. The van der Waals surface area contributed by atoms with Gasteiger partial charge in [0.05, 0.1) is 18.3 Å². The van der Waals surface area contributed by atoms with Crippen LogP contribution in [0.25, 0.3) is 0 Å². The van der Waals surface area contributed by atoms with Gasteiger partial charge >= 0.3 is 0 Å². The quantitative estimate of drug-likeness (QED) is 0.463. The predicted octanol–water partition coefficient (Wildman–Crippen LogP) is 3.20. The summed E-state index contributed by atoms with van der Waals surface area (Å²) in [5.41, 5.74) is 0. The van der Waals surface area contributed by atoms with Crippen LogP contribution in [0.3, 0.4) is 0 Å². The van der Waals surface area contributed by atoms with Gasteiger partial charge in [-0.2, -0.15) is 0 Å². The van der Waals surface area contributed by atoms with Crippen LogP contribution >= 0.6 is 15.9 Å². The maximum Gasteiger partial charge on any atom is 0.0873 e. The molecule has 0 aromatic carbocycles. The maximum atomic E-state index is 9.93. The molecule has 1 N–H and O–H groups in total. The topological polar surface area (TPSA) is 29.5 Å². The van der Waals surface area contributed by atoms with E-state index in [1.54, 1.807) is 6.08 Å². The molecule has 100 valence electrons. The minimum absolute atomic E-state index is 0.0748. The first kappa shape index (κ1) is 15.5. The molecule has 0 bridgehead atoms. The summed E-state index contributed by atoms with van der Waals surface area (Å²) >= 11 is 3.63. The lowest BCUT2D eigenvalue weighted by Gasteiger charge is -2.16. The van der Waals surface area contributed by atoms with Crippen molar-refractivity contribution >= 4 is 15.9 Å². The van der Waals surface area contributed by atoms with E-state index in [9.17, 15) is 5.11 Å². The second kappa shape index (κ2) is 8.53. The molecule has 0 saturated carbocycles. The number of hydrogen-bond donors (Lipinski definition) is 1. The van der Waals surface area contributed by atoms with Crippen molar-refractivity contribution in [3.05, 3.63) is 24.3 Å². The molecule has 18 heavy (non-hydrogen) atoms. The zero-order chi connectivity index (χ0) is 13.4. The van der Waals surface area contributed by atoms with Gasteiger partial charge in [-0.05, 0) is 25.3 Å². The van der Waals surface area contributed by atoms with E-state index in [1.165, 1.54) is 0 Å². The van der Waals surface area contributed by atoms with Crippen LogP contribution in [0.1, 0.15) is 32.6 Å². The van der Waals surface area contributed by atoms with Gasteiger partial charge in [0.2, 0.25) is 0 Å². The zero-order valence-electron chi connectivity index (χ0n) is 10.8. The Morgan fingerprint density at radius 3 is 2.94 bits per heavy atom. The van der Waals surface area contributed by atoms with Crippen molar-refractivity contribution < 1.29 is 9.84 Å². The molecule has 1 saturated heterocycles. The van der Waals surface area contributed by atoms with Crippen LogP contribution in [0.15, 0.2) is 24.3 Å². The molecule has 3 heteroatoms. The van der Waals surface area contributed by atoms with Gasteiger partial charge < -0.3 is 9.84 Å². The van der Waals surface area contributed by atoms with E-state index >= 15 is 0 Å². The van der Waals surface area contributed by atoms with Crippen LogP contribution in [0, 0.1) is 12.3 Å². The van der Waals surface area contributed by atoms with E-state index in [1.807, 2.05) is 6.08 Å². The Kier molecular flexibility index (Phi) is 7.34. The molecule has 1 heterocycles. The second-order valence-electron chi connectivity index (χ2n) is 4.45. The lowest BCUT2D eigenvalue weighted by molar-refractivity contribution is 0.0128. The number of halogens is 1. The Labute approximate surface area is 118 Å². The molecule has 4 atom stereocenters. The SMILES string of the molecule is C#C/C=C/C[C@H]1O[C@@H](C(Br)C/C=C/CC)C[C@H]1O. The van der Waals surface area contributed by atoms with E-state index in [-0.39, 0.29) is 17.0 Å². The average Bonchev–Trinajstić information content (AvgIpc) is 2.72. The van der Waals surface area contributed by atoms with E-state index in [2.05, 4.69) is 40.9 Å². The summed E-state index contributed by atoms with van der Waals surface area (Å²) in [5.74, 6) is 2.44. The molecule has 1 unspecified atom stereocenters. The number of allylic oxidation sites excluding steroid dienone is 3. The first-order chi connectivity index (χ1) is 8.69. The summed E-state index contributed by atoms with van der Waals surface area (Å²) < 4.78 is 5.86. The number of ether oxygens (including phenoxy) is 1. The molecule has 2 nitrogen and oxygen atoms in total. The molecule has 1 rings (SSSR count). The van der Waals surface area contributed by atoms with E-state index in [4.69, 9.17) is 11.2 Å². The van der Waals surface area contributed by atoms with Gasteiger partial charge in [-0.25, -0.2) is 0 Å². The van der Waals surface area contributed by atoms with Crippen molar-refractivity contribution in [1.29, 1.82) is 0 Å². The summed E-state index contributed by atoms with van der Waals surface area (Å²) in [7, 11) is 0. The van der Waals surface area contributed by atoms with Gasteiger partial charge in [0, 0.05) is 11.2 Å². The summed E-state index contributed by atoms with van der Waals surface area (Å²) in [6.45, 7) is 2.11. The first-order valence-corrected chi connectivity index (χ1v) is 7.34. The van der Waals surface area contributed by atoms with Crippen molar-refractivity contribution in [2.24, 2.45) is 0 Å². The third-order valence-corrected chi connectivity index (χ3v) is 3.97. The third-order valence-electron chi connectivity index (χ3n) is 3.00. The van der Waals surface area contributed by atoms with Crippen molar-refractivity contribution in [3.8, 4) is 12.3 Å². The minimum atomic E-state index is -0.396. The fourth-order valence-electron chi connectivity index (χ4n) is 2.02. The highest BCUT2D eigenvalue weighted by Gasteiger charge is 2.36. The second-order valence-corrected chi connectivity index (χ2v) is 5.63. The fourth-order valence-corrected chi connectivity index (χ4v) is 2.58. The summed E-state index contributed by atoms with van der Waals surface area (Å²) in [5, 5.41) is 9.93. The van der Waals surface area contributed by atoms with Crippen molar-refractivity contribution in [3.63, 3.8) is 0 Å². The monoisotopic (exact) mass is 312 g/mol. The van der Waals surface area contributed by atoms with Gasteiger partial charge in [0.15, 0.2) is 0 Å². The number of hydrogen-bond acceptors (Lipinski definition) is 2. The largest absolute Gasteiger partial charge is 0.390 e. The van der Waals surface area contributed by atoms with Gasteiger partial charge in [0.1, 0.15) is 0 Å². The van der Waals surface area contributed by atoms with Crippen LogP contribution in [0.5, 0.6) is 0 Å². The molecule has 0 aromatic heterocycles. The maximum absolute atomic E-state index is 9.93. The van der Waals surface area contributed by atoms with Crippen LogP contribution < -0.4 is 0 Å². The Hall–Kier alpha value is -0.560. The number of terminal acetylenes is 1. The lowest BCUT2D eigenvalue weighted by Crippen LogP contribution is -2.21. The lowest BCUT2D eigenvalue weighted by atomic mass is 10.1. The highest BCUT2D eigenvalue weighted by molar-refractivity contribution is 9.09. The summed E-state index contributed by atoms with van der Waals surface area (Å²) in [6, 6.07) is 0. The van der Waals surface area contributed by atoms with Crippen molar-refractivity contribution in [2.45, 2.75) is 55.7 Å². The van der Waals surface area contributed by atoms with Crippen LogP contribution in [-0.2, 0) is 4.74 Å². The van der Waals surface area contributed by atoms with Gasteiger partial charge in [-0.3, -0.25) is 0 Å². The van der Waals surface area contributed by atoms with Crippen molar-refractivity contribution in [1.82, 2.24) is 0 Å². The molecule has 1 fully saturated rings. The number of alkyl halides is 1. The normalized spacial score (nSPS) is 30.0. The smallest absolute Gasteiger partial charge is 0.0873 e. The summed E-state index contributed by atoms with van der Waals surface area (Å²) in [6.07, 6.45) is 15.8. The van der Waals surface area contributed by atoms with Crippen LogP contribution in [0.4, 0.5) is 0 Å². The number of aliphatic hydroxyl groups excluding tert-OH is 1. The molecular formula is C15H21BrO2. The van der Waals surface area contributed by atoms with Crippen LogP contribution in [0.2, 0.25) is 0 Å². The van der Waals surface area contributed by atoms with Gasteiger partial charge in [-0.15, -0.1) is 6.42 Å². The summed E-state index contributed by atoms with van der Waals surface area (Å²) in [4.78, 5) is 0.261. The molecule has 1 aliphatic rings. The minimum Gasteiger partial charge on any atom is -0.390 e. The molecule has 0 aliphatic carbocycles. The Bertz CT molecular complexity index is 330. The third kappa shape index (κ3) is 4.97. The molecule has 0 radical (unpaired) electrons. The first-order valence-electron chi connectivity index (χ1n) is 6.42. The van der Waals surface area contributed by atoms with Gasteiger partial charge in [-0.1, -0.05) is 47.0 Å². The standard InChI is InChI=1S/C15H21BrO2/c1-3-5-7-9-12(16)15-11-13(17)14(18-15)10-8-6-4-2/h2,5-8,12-15,17H,3,9-11H2,1H3/b7-5+,8-6+/t12?,13-,14-,15-/m1/s1. The average molecular weight is 313 g/mol. The Balaban J connectivity index is 2.40. The van der Waals surface area contributed by atoms with E-state index in [0.717, 1.165) is 12.8 Å². The van der Waals surface area contributed by atoms with Crippen molar-refractivity contribution in [2.75, 3.05) is 0 Å². The molecule has 0 aromatic rings. The fraction of sp³-hybridized carbons (Fsp3) is 0.600. The molecule has 0 amide bonds. The highest BCUT2D eigenvalue weighted by Crippen LogP contribution is 2.29. The molecule has 1 aliphatic heterocycles.